The van der Waals surface area contributed by atoms with E-state index < -0.39 is 0 Å². The lowest BCUT2D eigenvalue weighted by atomic mass is 9.79. The monoisotopic (exact) mass is 622 g/mol. The van der Waals surface area contributed by atoms with Crippen molar-refractivity contribution in [1.29, 1.82) is 0 Å². The number of phenols is 1. The summed E-state index contributed by atoms with van der Waals surface area (Å²) in [5, 5.41) is 28.3. The molecular weight excluding hydrogens is 576 g/mol. The lowest BCUT2D eigenvalue weighted by Crippen LogP contribution is -2.41. The molecule has 1 aliphatic carbocycles. The highest BCUT2D eigenvalue weighted by atomic mass is 16.5. The van der Waals surface area contributed by atoms with Crippen LogP contribution in [0.25, 0.3) is 22.5 Å². The van der Waals surface area contributed by atoms with E-state index in [9.17, 15) is 5.11 Å². The van der Waals surface area contributed by atoms with Crippen molar-refractivity contribution in [1.82, 2.24) is 25.3 Å². The highest BCUT2D eigenvalue weighted by molar-refractivity contribution is 5.75. The van der Waals surface area contributed by atoms with Gasteiger partial charge in [0.05, 0.1) is 17.1 Å². The highest BCUT2D eigenvalue weighted by Gasteiger charge is 2.27. The molecule has 4 aromatic rings. The smallest absolute Gasteiger partial charge is 0.169 e. The van der Waals surface area contributed by atoms with Crippen LogP contribution in [0.2, 0.25) is 0 Å². The van der Waals surface area contributed by atoms with Gasteiger partial charge < -0.3 is 31.1 Å². The molecule has 1 saturated carbocycles. The van der Waals surface area contributed by atoms with Crippen LogP contribution in [-0.2, 0) is 0 Å². The summed E-state index contributed by atoms with van der Waals surface area (Å²) in [4.78, 5) is 4.62. The maximum atomic E-state index is 10.9. The minimum atomic E-state index is 0.0979. The number of nitrogen functional groups attached to an aromatic ring is 2. The number of anilines is 3. The number of hydrogen-bond donors (Lipinski definition) is 3. The fraction of sp³-hybridized carbons (Fsp3) is 0.444. The quantitative estimate of drug-likeness (QED) is 0.194. The Morgan fingerprint density at radius 2 is 1.50 bits per heavy atom. The van der Waals surface area contributed by atoms with Gasteiger partial charge in [0.25, 0.3) is 0 Å². The third-order valence-electron chi connectivity index (χ3n) is 10.1. The van der Waals surface area contributed by atoms with Gasteiger partial charge in [-0.15, -0.1) is 20.4 Å². The molecule has 46 heavy (non-hydrogen) atoms. The third kappa shape index (κ3) is 6.72. The van der Waals surface area contributed by atoms with Crippen LogP contribution in [0.1, 0.15) is 63.9 Å². The Labute approximate surface area is 271 Å². The van der Waals surface area contributed by atoms with E-state index in [-0.39, 0.29) is 5.75 Å². The minimum Gasteiger partial charge on any atom is -0.507 e. The number of phenolic OH excluding ortho intramolecular Hbond substituents is 1. The van der Waals surface area contributed by atoms with Crippen molar-refractivity contribution in [2.75, 3.05) is 43.6 Å². The third-order valence-corrected chi connectivity index (χ3v) is 10.1. The standard InChI is InChI=1S/C36H46N8O2/c1-22-9-11-25(12-10-22)28-20-30(39-41-35(28)37)29-19-26(13-14-33(29)45)46-34-8-6-5-7-27(34)31-21-32(36(38)42-40-31)44-17-15-24(16-18-44)23(2)43(3)4/h5-8,13-14,19-25,45H,9-12,15-18H2,1-4H3,(H2,37,41)(H2,38,42)/t22?,23-,25?/m0/s1. The molecule has 1 saturated heterocycles. The molecule has 242 valence electrons. The van der Waals surface area contributed by atoms with Crippen molar-refractivity contribution < 1.29 is 9.84 Å². The van der Waals surface area contributed by atoms with Gasteiger partial charge in [0.2, 0.25) is 0 Å². The largest absolute Gasteiger partial charge is 0.507 e. The van der Waals surface area contributed by atoms with Gasteiger partial charge in [0.1, 0.15) is 23.1 Å². The molecular formula is C36H46N8O2. The van der Waals surface area contributed by atoms with E-state index in [0.717, 1.165) is 61.5 Å². The number of hydrogen-bond acceptors (Lipinski definition) is 10. The first kappa shape index (κ1) is 31.5. The molecule has 3 heterocycles. The van der Waals surface area contributed by atoms with Crippen molar-refractivity contribution in [2.45, 2.75) is 64.3 Å². The van der Waals surface area contributed by atoms with E-state index in [0.29, 0.717) is 58.0 Å². The summed E-state index contributed by atoms with van der Waals surface area (Å²) in [5.41, 5.74) is 17.1. The molecule has 2 fully saturated rings. The second kappa shape index (κ2) is 13.5. The SMILES string of the molecule is CC1CCC(c2cc(-c3cc(Oc4ccccc4-c4cc(N5CCC([C@H](C)N(C)C)CC5)c(N)nn4)ccc3O)nnc2N)CC1. The van der Waals surface area contributed by atoms with Crippen LogP contribution in [-0.4, -0.2) is 63.6 Å². The lowest BCUT2D eigenvalue weighted by molar-refractivity contribution is 0.199. The number of piperidine rings is 1. The maximum absolute atomic E-state index is 10.9. The molecule has 6 rings (SSSR count). The number of nitrogens with zero attached hydrogens (tertiary/aromatic N) is 6. The first-order valence-electron chi connectivity index (χ1n) is 16.5. The summed E-state index contributed by atoms with van der Waals surface area (Å²) >= 11 is 0. The first-order valence-corrected chi connectivity index (χ1v) is 16.5. The highest BCUT2D eigenvalue weighted by Crippen LogP contribution is 2.41. The predicted octanol–water partition coefficient (Wildman–Crippen LogP) is 6.72. The number of nitrogens with two attached hydrogens (primary N) is 2. The maximum Gasteiger partial charge on any atom is 0.169 e. The van der Waals surface area contributed by atoms with E-state index in [1.54, 1.807) is 18.2 Å². The number of aromatic hydroxyl groups is 1. The van der Waals surface area contributed by atoms with Crippen LogP contribution in [0.15, 0.2) is 54.6 Å². The van der Waals surface area contributed by atoms with Crippen LogP contribution in [0.3, 0.4) is 0 Å². The molecule has 0 amide bonds. The molecule has 2 aromatic heterocycles. The summed E-state index contributed by atoms with van der Waals surface area (Å²) in [5.74, 6) is 3.87. The van der Waals surface area contributed by atoms with Gasteiger partial charge in [-0.25, -0.2) is 0 Å². The Morgan fingerprint density at radius 3 is 2.22 bits per heavy atom. The number of ether oxygens (including phenoxy) is 1. The number of rotatable bonds is 8. The van der Waals surface area contributed by atoms with Crippen LogP contribution in [0, 0.1) is 11.8 Å². The van der Waals surface area contributed by atoms with Gasteiger partial charge in [0, 0.05) is 35.8 Å². The van der Waals surface area contributed by atoms with E-state index in [4.69, 9.17) is 16.2 Å². The van der Waals surface area contributed by atoms with Crippen molar-refractivity contribution >= 4 is 17.3 Å². The normalized spacial score (nSPS) is 19.7. The van der Waals surface area contributed by atoms with Crippen molar-refractivity contribution in [3.8, 4) is 39.8 Å². The second-order valence-electron chi connectivity index (χ2n) is 13.3. The Balaban J connectivity index is 1.24. The van der Waals surface area contributed by atoms with Crippen LogP contribution in [0.5, 0.6) is 17.2 Å². The van der Waals surface area contributed by atoms with Gasteiger partial charge in [-0.1, -0.05) is 31.9 Å². The Kier molecular flexibility index (Phi) is 9.26. The molecule has 5 N–H and O–H groups in total. The molecule has 10 heteroatoms. The van der Waals surface area contributed by atoms with Gasteiger partial charge in [-0.2, -0.15) is 0 Å². The van der Waals surface area contributed by atoms with Gasteiger partial charge in [0.15, 0.2) is 5.82 Å². The molecule has 1 atom stereocenters. The molecule has 10 nitrogen and oxygen atoms in total. The number of aromatic nitrogens is 4. The minimum absolute atomic E-state index is 0.0979. The Hall–Kier alpha value is -4.44. The lowest BCUT2D eigenvalue weighted by Gasteiger charge is -2.38. The van der Waals surface area contributed by atoms with Gasteiger partial charge in [-0.3, -0.25) is 0 Å². The second-order valence-corrected chi connectivity index (χ2v) is 13.3. The van der Waals surface area contributed by atoms with Gasteiger partial charge >= 0.3 is 0 Å². The molecule has 0 bridgehead atoms. The summed E-state index contributed by atoms with van der Waals surface area (Å²) in [6.07, 6.45) is 6.69. The average molecular weight is 623 g/mol. The van der Waals surface area contributed by atoms with Crippen LogP contribution >= 0.6 is 0 Å². The average Bonchev–Trinajstić information content (AvgIpc) is 3.07. The van der Waals surface area contributed by atoms with Crippen molar-refractivity contribution in [3.63, 3.8) is 0 Å². The molecule has 2 aliphatic rings. The molecule has 1 aliphatic heterocycles. The Morgan fingerprint density at radius 1 is 0.826 bits per heavy atom. The summed E-state index contributed by atoms with van der Waals surface area (Å²) in [6.45, 7) is 6.43. The predicted molar refractivity (Wildman–Crippen MR) is 184 cm³/mol. The van der Waals surface area contributed by atoms with Gasteiger partial charge in [-0.05, 0) is 107 Å². The zero-order chi connectivity index (χ0) is 32.4. The molecule has 0 unspecified atom stereocenters. The van der Waals surface area contributed by atoms with E-state index in [1.807, 2.05) is 36.4 Å². The van der Waals surface area contributed by atoms with Crippen molar-refractivity contribution in [3.05, 3.63) is 60.2 Å². The van der Waals surface area contributed by atoms with E-state index in [1.165, 1.54) is 12.8 Å². The van der Waals surface area contributed by atoms with E-state index >= 15 is 0 Å². The first-order chi connectivity index (χ1) is 22.2. The Bertz CT molecular complexity index is 1660. The zero-order valence-corrected chi connectivity index (χ0v) is 27.4. The van der Waals surface area contributed by atoms with E-state index in [2.05, 4.69) is 58.1 Å². The number of benzene rings is 2. The van der Waals surface area contributed by atoms with Crippen LogP contribution < -0.4 is 21.1 Å². The summed E-state index contributed by atoms with van der Waals surface area (Å²) < 4.78 is 6.44. The molecule has 2 aromatic carbocycles. The van der Waals surface area contributed by atoms with Crippen molar-refractivity contribution in [2.24, 2.45) is 11.8 Å². The zero-order valence-electron chi connectivity index (χ0n) is 27.4. The topological polar surface area (TPSA) is 140 Å². The number of para-hydroxylation sites is 1. The fourth-order valence-corrected chi connectivity index (χ4v) is 6.94. The summed E-state index contributed by atoms with van der Waals surface area (Å²) in [6, 6.07) is 17.4. The molecule has 0 radical (unpaired) electrons. The molecule has 0 spiro atoms. The fourth-order valence-electron chi connectivity index (χ4n) is 6.94. The van der Waals surface area contributed by atoms with Crippen LogP contribution in [0.4, 0.5) is 17.3 Å². The summed E-state index contributed by atoms with van der Waals surface area (Å²) in [7, 11) is 4.29.